The van der Waals surface area contributed by atoms with Crippen LogP contribution in [0.4, 0.5) is 10.1 Å². The lowest BCUT2D eigenvalue weighted by Crippen LogP contribution is -2.46. The molecular weight excluding hydrogens is 353 g/mol. The minimum atomic E-state index is -0.695. The van der Waals surface area contributed by atoms with Crippen LogP contribution in [0.5, 0.6) is 5.75 Å². The lowest BCUT2D eigenvalue weighted by Gasteiger charge is -2.30. The summed E-state index contributed by atoms with van der Waals surface area (Å²) in [6, 6.07) is 12.7. The Hall–Kier alpha value is -2.93. The van der Waals surface area contributed by atoms with Crippen LogP contribution in [0.25, 0.3) is 0 Å². The van der Waals surface area contributed by atoms with Crippen molar-refractivity contribution in [2.45, 2.75) is 13.0 Å². The Balaban J connectivity index is 1.99. The van der Waals surface area contributed by atoms with E-state index in [2.05, 4.69) is 16.0 Å². The van der Waals surface area contributed by atoms with Crippen LogP contribution in [-0.2, 0) is 4.79 Å². The second-order valence-corrected chi connectivity index (χ2v) is 6.15. The number of hydrogen-bond acceptors (Lipinski definition) is 3. The molecule has 3 N–H and O–H groups in total. The third kappa shape index (κ3) is 3.52. The lowest BCUT2D eigenvalue weighted by atomic mass is 9.94. The number of ether oxygens (including phenoxy) is 1. The fourth-order valence-corrected chi connectivity index (χ4v) is 3.15. The molecule has 2 aromatic carbocycles. The fourth-order valence-electron chi connectivity index (χ4n) is 2.87. The SMILES string of the molecule is COc1ccccc1NC(=O)C1=C(C)NC(=S)N[C@@H]1c1ccccc1F. The first-order chi connectivity index (χ1) is 12.5. The number of carbonyl (C=O) groups excluding carboxylic acids is 1. The summed E-state index contributed by atoms with van der Waals surface area (Å²) in [6.45, 7) is 1.73. The summed E-state index contributed by atoms with van der Waals surface area (Å²) >= 11 is 5.18. The first-order valence-corrected chi connectivity index (χ1v) is 8.39. The minimum absolute atomic E-state index is 0.338. The molecule has 0 bridgehead atoms. The van der Waals surface area contributed by atoms with Crippen molar-refractivity contribution in [3.05, 3.63) is 71.2 Å². The van der Waals surface area contributed by atoms with Gasteiger partial charge in [0.25, 0.3) is 5.91 Å². The molecule has 0 fully saturated rings. The summed E-state index contributed by atoms with van der Waals surface area (Å²) < 4.78 is 19.6. The van der Waals surface area contributed by atoms with Gasteiger partial charge in [-0.2, -0.15) is 0 Å². The topological polar surface area (TPSA) is 62.4 Å². The zero-order chi connectivity index (χ0) is 18.7. The van der Waals surface area contributed by atoms with Gasteiger partial charge in [-0.1, -0.05) is 30.3 Å². The number of amides is 1. The number of carbonyl (C=O) groups is 1. The molecule has 7 heteroatoms. The second-order valence-electron chi connectivity index (χ2n) is 5.75. The van der Waals surface area contributed by atoms with Crippen molar-refractivity contribution >= 4 is 28.9 Å². The molecule has 134 valence electrons. The average molecular weight is 371 g/mol. The number of rotatable bonds is 4. The van der Waals surface area contributed by atoms with Gasteiger partial charge in [0.15, 0.2) is 5.11 Å². The molecule has 26 heavy (non-hydrogen) atoms. The molecule has 0 saturated heterocycles. The van der Waals surface area contributed by atoms with Gasteiger partial charge in [0, 0.05) is 11.3 Å². The van der Waals surface area contributed by atoms with E-state index in [4.69, 9.17) is 17.0 Å². The molecule has 2 aromatic rings. The molecule has 0 spiro atoms. The minimum Gasteiger partial charge on any atom is -0.495 e. The molecule has 1 aliphatic heterocycles. The zero-order valence-electron chi connectivity index (χ0n) is 14.3. The van der Waals surface area contributed by atoms with Gasteiger partial charge in [0.2, 0.25) is 0 Å². The normalized spacial score (nSPS) is 16.6. The van der Waals surface area contributed by atoms with E-state index in [0.29, 0.717) is 33.4 Å². The first kappa shape index (κ1) is 17.9. The maximum absolute atomic E-state index is 14.3. The van der Waals surface area contributed by atoms with E-state index in [1.54, 1.807) is 43.3 Å². The fraction of sp³-hybridized carbons (Fsp3) is 0.158. The third-order valence-corrected chi connectivity index (χ3v) is 4.31. The van der Waals surface area contributed by atoms with Crippen LogP contribution < -0.4 is 20.7 Å². The molecular formula is C19H18FN3O2S. The molecule has 1 amide bonds. The maximum atomic E-state index is 14.3. The van der Waals surface area contributed by atoms with Crippen molar-refractivity contribution < 1.29 is 13.9 Å². The molecule has 5 nitrogen and oxygen atoms in total. The van der Waals surface area contributed by atoms with E-state index >= 15 is 0 Å². The average Bonchev–Trinajstić information content (AvgIpc) is 2.61. The van der Waals surface area contributed by atoms with E-state index in [-0.39, 0.29) is 5.91 Å². The van der Waals surface area contributed by atoms with Crippen LogP contribution in [0.2, 0.25) is 0 Å². The highest BCUT2D eigenvalue weighted by molar-refractivity contribution is 7.80. The maximum Gasteiger partial charge on any atom is 0.255 e. The monoisotopic (exact) mass is 371 g/mol. The number of anilines is 1. The van der Waals surface area contributed by atoms with Crippen molar-refractivity contribution in [2.24, 2.45) is 0 Å². The van der Waals surface area contributed by atoms with Gasteiger partial charge in [-0.3, -0.25) is 4.79 Å². The van der Waals surface area contributed by atoms with Crippen LogP contribution in [0.1, 0.15) is 18.5 Å². The summed E-state index contributed by atoms with van der Waals surface area (Å²) in [4.78, 5) is 13.0. The molecule has 0 saturated carbocycles. The Morgan fingerprint density at radius 2 is 1.88 bits per heavy atom. The van der Waals surface area contributed by atoms with E-state index in [9.17, 15) is 9.18 Å². The van der Waals surface area contributed by atoms with E-state index in [1.165, 1.54) is 13.2 Å². The summed E-state index contributed by atoms with van der Waals surface area (Å²) in [7, 11) is 1.53. The molecule has 1 aliphatic rings. The second kappa shape index (κ2) is 7.53. The van der Waals surface area contributed by atoms with Crippen LogP contribution in [0, 0.1) is 5.82 Å². The molecule has 0 aliphatic carbocycles. The van der Waals surface area contributed by atoms with Gasteiger partial charge in [-0.15, -0.1) is 0 Å². The smallest absolute Gasteiger partial charge is 0.255 e. The van der Waals surface area contributed by atoms with Crippen molar-refractivity contribution in [3.63, 3.8) is 0 Å². The van der Waals surface area contributed by atoms with Gasteiger partial charge in [0.1, 0.15) is 11.6 Å². The Labute approximate surface area is 156 Å². The summed E-state index contributed by atoms with van der Waals surface area (Å²) in [5.41, 5.74) is 1.80. The Morgan fingerprint density at radius 1 is 1.19 bits per heavy atom. The number of para-hydroxylation sites is 2. The predicted octanol–water partition coefficient (Wildman–Crippen LogP) is 3.27. The van der Waals surface area contributed by atoms with Crippen LogP contribution >= 0.6 is 12.2 Å². The molecule has 0 unspecified atom stereocenters. The molecule has 0 radical (unpaired) electrons. The van der Waals surface area contributed by atoms with Crippen molar-refractivity contribution in [1.82, 2.24) is 10.6 Å². The lowest BCUT2D eigenvalue weighted by molar-refractivity contribution is -0.113. The molecule has 0 aromatic heterocycles. The molecule has 3 rings (SSSR count). The van der Waals surface area contributed by atoms with E-state index in [1.807, 2.05) is 6.07 Å². The Morgan fingerprint density at radius 3 is 2.62 bits per heavy atom. The van der Waals surface area contributed by atoms with E-state index in [0.717, 1.165) is 0 Å². The van der Waals surface area contributed by atoms with Gasteiger partial charge in [-0.05, 0) is 37.3 Å². The third-order valence-electron chi connectivity index (χ3n) is 4.09. The predicted molar refractivity (Wildman–Crippen MR) is 102 cm³/mol. The highest BCUT2D eigenvalue weighted by atomic mass is 32.1. The quantitative estimate of drug-likeness (QED) is 0.720. The van der Waals surface area contributed by atoms with Gasteiger partial charge >= 0.3 is 0 Å². The number of halogens is 1. The number of allylic oxidation sites excluding steroid dienone is 1. The summed E-state index contributed by atoms with van der Waals surface area (Å²) in [6.07, 6.45) is 0. The summed E-state index contributed by atoms with van der Waals surface area (Å²) in [5, 5.41) is 9.07. The van der Waals surface area contributed by atoms with Crippen LogP contribution in [0.15, 0.2) is 59.8 Å². The van der Waals surface area contributed by atoms with Gasteiger partial charge < -0.3 is 20.7 Å². The Bertz CT molecular complexity index is 898. The molecule has 1 heterocycles. The van der Waals surface area contributed by atoms with Crippen LogP contribution in [0.3, 0.4) is 0 Å². The first-order valence-electron chi connectivity index (χ1n) is 7.98. The van der Waals surface area contributed by atoms with Crippen molar-refractivity contribution in [3.8, 4) is 5.75 Å². The number of benzene rings is 2. The van der Waals surface area contributed by atoms with Crippen molar-refractivity contribution in [2.75, 3.05) is 12.4 Å². The highest BCUT2D eigenvalue weighted by Crippen LogP contribution is 2.31. The number of thiocarbonyl (C=S) groups is 1. The van der Waals surface area contributed by atoms with Crippen molar-refractivity contribution in [1.29, 1.82) is 0 Å². The number of nitrogens with one attached hydrogen (secondary N) is 3. The zero-order valence-corrected chi connectivity index (χ0v) is 15.1. The largest absolute Gasteiger partial charge is 0.495 e. The summed E-state index contributed by atoms with van der Waals surface area (Å²) in [5.74, 6) is -0.248. The van der Waals surface area contributed by atoms with E-state index < -0.39 is 11.9 Å². The van der Waals surface area contributed by atoms with Gasteiger partial charge in [0.05, 0.1) is 24.4 Å². The number of methoxy groups -OCH3 is 1. The Kier molecular flexibility index (Phi) is 5.18. The highest BCUT2D eigenvalue weighted by Gasteiger charge is 2.31. The standard InChI is InChI=1S/C19H18FN3O2S/c1-11-16(18(24)22-14-9-5-6-10-15(14)25-2)17(23-19(26)21-11)12-7-3-4-8-13(12)20/h3-10,17H,1-2H3,(H,22,24)(H2,21,23,26)/t17-/m1/s1. The van der Waals surface area contributed by atoms with Gasteiger partial charge in [-0.25, -0.2) is 4.39 Å². The molecule has 1 atom stereocenters. The van der Waals surface area contributed by atoms with Crippen LogP contribution in [-0.4, -0.2) is 18.1 Å². The number of hydrogen-bond donors (Lipinski definition) is 3.